The zero-order valence-corrected chi connectivity index (χ0v) is 12.0. The zero-order valence-electron chi connectivity index (χ0n) is 12.0. The third-order valence-electron chi connectivity index (χ3n) is 3.04. The Bertz CT molecular complexity index is 406. The highest BCUT2D eigenvalue weighted by Crippen LogP contribution is 2.07. The maximum Gasteiger partial charge on any atom is 0.305 e. The summed E-state index contributed by atoms with van der Waals surface area (Å²) in [4.78, 5) is 33.9. The molecule has 0 unspecified atom stereocenters. The van der Waals surface area contributed by atoms with E-state index in [-0.39, 0.29) is 17.8 Å². The van der Waals surface area contributed by atoms with Gasteiger partial charge in [-0.1, -0.05) is 6.42 Å². The Kier molecular flexibility index (Phi) is 6.69. The van der Waals surface area contributed by atoms with Crippen LogP contribution in [0.5, 0.6) is 0 Å². The van der Waals surface area contributed by atoms with Crippen molar-refractivity contribution in [3.8, 4) is 0 Å². The molecule has 0 aliphatic carbocycles. The summed E-state index contributed by atoms with van der Waals surface area (Å²) in [5.41, 5.74) is 0.390. The van der Waals surface area contributed by atoms with Gasteiger partial charge in [-0.15, -0.1) is 0 Å². The van der Waals surface area contributed by atoms with E-state index in [1.165, 1.54) is 12.1 Å². The van der Waals surface area contributed by atoms with E-state index in [1.807, 2.05) is 0 Å². The van der Waals surface area contributed by atoms with Crippen LogP contribution in [0.4, 0.5) is 0 Å². The smallest absolute Gasteiger partial charge is 0.305 e. The number of hydrogen-bond acceptors (Lipinski definition) is 5. The maximum absolute atomic E-state index is 11.8. The molecule has 0 atom stereocenters. The first-order valence-electron chi connectivity index (χ1n) is 6.73. The largest absolute Gasteiger partial charge is 0.469 e. The molecule has 0 saturated heterocycles. The molecule has 1 rings (SSSR count). The number of ether oxygens (including phenoxy) is 1. The van der Waals surface area contributed by atoms with Crippen LogP contribution in [0.15, 0.2) is 5.10 Å². The van der Waals surface area contributed by atoms with Crippen LogP contribution >= 0.6 is 0 Å². The molecule has 0 spiro atoms. The molecular weight excluding hydrogens is 262 g/mol. The van der Waals surface area contributed by atoms with Gasteiger partial charge in [-0.25, -0.2) is 5.01 Å². The molecule has 112 valence electrons. The van der Waals surface area contributed by atoms with Crippen LogP contribution in [0, 0.1) is 0 Å². The van der Waals surface area contributed by atoms with Crippen LogP contribution in [0.2, 0.25) is 0 Å². The zero-order chi connectivity index (χ0) is 15.0. The highest BCUT2D eigenvalue weighted by molar-refractivity contribution is 6.39. The van der Waals surface area contributed by atoms with Crippen LogP contribution < -0.4 is 5.32 Å². The molecule has 0 bridgehead atoms. The lowest BCUT2D eigenvalue weighted by Gasteiger charge is -2.18. The predicted octanol–water partition coefficient (Wildman–Crippen LogP) is 0.444. The first-order chi connectivity index (χ1) is 9.54. The average molecular weight is 283 g/mol. The molecule has 0 aromatic heterocycles. The Hall–Kier alpha value is -1.92. The van der Waals surface area contributed by atoms with Crippen molar-refractivity contribution in [1.82, 2.24) is 10.3 Å². The van der Waals surface area contributed by atoms with Gasteiger partial charge in [-0.3, -0.25) is 14.4 Å². The van der Waals surface area contributed by atoms with Gasteiger partial charge in [0, 0.05) is 32.9 Å². The second kappa shape index (κ2) is 8.29. The Morgan fingerprint density at radius 2 is 2.05 bits per heavy atom. The van der Waals surface area contributed by atoms with Crippen molar-refractivity contribution in [3.05, 3.63) is 0 Å². The summed E-state index contributed by atoms with van der Waals surface area (Å²) >= 11 is 0. The lowest BCUT2D eigenvalue weighted by atomic mass is 10.1. The number of carbonyl (C=O) groups is 3. The number of nitrogens with zero attached hydrogens (tertiary/aromatic N) is 2. The average Bonchev–Trinajstić information content (AvgIpc) is 2.44. The summed E-state index contributed by atoms with van der Waals surface area (Å²) < 4.78 is 4.54. The SMILES string of the molecule is COC(=O)CCCCCNC(=O)C1=NN(C)C(=O)CC1. The van der Waals surface area contributed by atoms with E-state index in [4.69, 9.17) is 0 Å². The molecule has 1 N–H and O–H groups in total. The molecule has 0 aromatic carbocycles. The van der Waals surface area contributed by atoms with Crippen molar-refractivity contribution in [2.75, 3.05) is 20.7 Å². The molecule has 7 nitrogen and oxygen atoms in total. The summed E-state index contributed by atoms with van der Waals surface area (Å²) in [6.45, 7) is 0.538. The summed E-state index contributed by atoms with van der Waals surface area (Å²) in [5, 5.41) is 7.91. The van der Waals surface area contributed by atoms with Crippen LogP contribution in [0.25, 0.3) is 0 Å². The van der Waals surface area contributed by atoms with Crippen molar-refractivity contribution in [3.63, 3.8) is 0 Å². The molecule has 20 heavy (non-hydrogen) atoms. The fourth-order valence-corrected chi connectivity index (χ4v) is 1.81. The molecule has 0 saturated carbocycles. The van der Waals surface area contributed by atoms with Gasteiger partial charge in [-0.2, -0.15) is 5.10 Å². The van der Waals surface area contributed by atoms with Crippen LogP contribution in [-0.2, 0) is 19.1 Å². The third-order valence-corrected chi connectivity index (χ3v) is 3.04. The van der Waals surface area contributed by atoms with E-state index in [0.717, 1.165) is 19.3 Å². The Balaban J connectivity index is 2.16. The van der Waals surface area contributed by atoms with Crippen LogP contribution in [0.1, 0.15) is 38.5 Å². The standard InChI is InChI=1S/C13H21N3O4/c1-16-11(17)8-7-10(15-16)13(19)14-9-5-3-4-6-12(18)20-2/h3-9H2,1-2H3,(H,14,19). The lowest BCUT2D eigenvalue weighted by Crippen LogP contribution is -2.37. The van der Waals surface area contributed by atoms with Gasteiger partial charge in [0.25, 0.3) is 5.91 Å². The number of esters is 1. The van der Waals surface area contributed by atoms with Crippen molar-refractivity contribution < 1.29 is 19.1 Å². The fourth-order valence-electron chi connectivity index (χ4n) is 1.81. The van der Waals surface area contributed by atoms with Crippen molar-refractivity contribution in [2.45, 2.75) is 38.5 Å². The Labute approximate surface area is 118 Å². The molecule has 0 radical (unpaired) electrons. The number of carbonyl (C=O) groups excluding carboxylic acids is 3. The lowest BCUT2D eigenvalue weighted by molar-refractivity contribution is -0.140. The number of nitrogens with one attached hydrogen (secondary N) is 1. The number of hydrazone groups is 1. The minimum absolute atomic E-state index is 0.0793. The van der Waals surface area contributed by atoms with Gasteiger partial charge in [0.2, 0.25) is 5.91 Å². The molecule has 0 fully saturated rings. The summed E-state index contributed by atoms with van der Waals surface area (Å²) in [5.74, 6) is -0.514. The summed E-state index contributed by atoms with van der Waals surface area (Å²) in [6.07, 6.45) is 3.51. The second-order valence-electron chi connectivity index (χ2n) is 4.61. The molecule has 7 heteroatoms. The van der Waals surface area contributed by atoms with Gasteiger partial charge in [0.15, 0.2) is 0 Å². The molecule has 1 heterocycles. The molecule has 0 aromatic rings. The first kappa shape index (κ1) is 16.1. The van der Waals surface area contributed by atoms with Gasteiger partial charge >= 0.3 is 5.97 Å². The third kappa shape index (κ3) is 5.38. The number of amides is 2. The molecular formula is C13H21N3O4. The van der Waals surface area contributed by atoms with E-state index >= 15 is 0 Å². The highest BCUT2D eigenvalue weighted by atomic mass is 16.5. The number of unbranched alkanes of at least 4 members (excludes halogenated alkanes) is 2. The van der Waals surface area contributed by atoms with Gasteiger partial charge in [0.1, 0.15) is 5.71 Å². The number of hydrogen-bond donors (Lipinski definition) is 1. The second-order valence-corrected chi connectivity index (χ2v) is 4.61. The van der Waals surface area contributed by atoms with E-state index in [0.29, 0.717) is 31.5 Å². The summed E-state index contributed by atoms with van der Waals surface area (Å²) in [6, 6.07) is 0. The quantitative estimate of drug-likeness (QED) is 0.542. The minimum atomic E-state index is -0.225. The van der Waals surface area contributed by atoms with E-state index in [1.54, 1.807) is 7.05 Å². The van der Waals surface area contributed by atoms with E-state index in [9.17, 15) is 14.4 Å². The monoisotopic (exact) mass is 283 g/mol. The maximum atomic E-state index is 11.8. The molecule has 1 aliphatic rings. The number of rotatable bonds is 7. The van der Waals surface area contributed by atoms with Crippen molar-refractivity contribution in [2.24, 2.45) is 5.10 Å². The highest BCUT2D eigenvalue weighted by Gasteiger charge is 2.21. The van der Waals surface area contributed by atoms with Gasteiger partial charge < -0.3 is 10.1 Å². The molecule has 1 aliphatic heterocycles. The summed E-state index contributed by atoms with van der Waals surface area (Å²) in [7, 11) is 2.91. The normalized spacial score (nSPS) is 14.8. The van der Waals surface area contributed by atoms with Crippen LogP contribution in [-0.4, -0.2) is 49.2 Å². The van der Waals surface area contributed by atoms with Crippen LogP contribution in [0.3, 0.4) is 0 Å². The minimum Gasteiger partial charge on any atom is -0.469 e. The predicted molar refractivity (Wildman–Crippen MR) is 72.9 cm³/mol. The Morgan fingerprint density at radius 1 is 1.30 bits per heavy atom. The fraction of sp³-hybridized carbons (Fsp3) is 0.692. The van der Waals surface area contributed by atoms with Crippen molar-refractivity contribution in [1.29, 1.82) is 0 Å². The van der Waals surface area contributed by atoms with E-state index < -0.39 is 0 Å². The van der Waals surface area contributed by atoms with Gasteiger partial charge in [0.05, 0.1) is 7.11 Å². The Morgan fingerprint density at radius 3 is 2.70 bits per heavy atom. The van der Waals surface area contributed by atoms with E-state index in [2.05, 4.69) is 15.2 Å². The topological polar surface area (TPSA) is 88.1 Å². The molecule has 2 amide bonds. The van der Waals surface area contributed by atoms with Gasteiger partial charge in [-0.05, 0) is 12.8 Å². The number of methoxy groups -OCH3 is 1. The van der Waals surface area contributed by atoms with Crippen molar-refractivity contribution >= 4 is 23.5 Å². The first-order valence-corrected chi connectivity index (χ1v) is 6.73.